The van der Waals surface area contributed by atoms with Crippen LogP contribution in [0, 0.1) is 0 Å². The van der Waals surface area contributed by atoms with Gasteiger partial charge in [0.05, 0.1) is 26.2 Å². The van der Waals surface area contributed by atoms with Crippen molar-refractivity contribution in [3.63, 3.8) is 0 Å². The highest BCUT2D eigenvalue weighted by Crippen LogP contribution is 2.16. The molecular weight excluding hydrogens is 342 g/mol. The maximum atomic E-state index is 11.3. The Morgan fingerprint density at radius 3 is 1.50 bits per heavy atom. The van der Waals surface area contributed by atoms with E-state index < -0.39 is 6.10 Å². The van der Waals surface area contributed by atoms with Crippen molar-refractivity contribution >= 4 is 0 Å². The summed E-state index contributed by atoms with van der Waals surface area (Å²) in [7, 11) is 0. The Morgan fingerprint density at radius 2 is 1.18 bits per heavy atom. The summed E-state index contributed by atoms with van der Waals surface area (Å²) in [6.07, 6.45) is 12.6. The topological polar surface area (TPSA) is 23.1 Å². The molecule has 0 saturated carbocycles. The lowest BCUT2D eigenvalue weighted by atomic mass is 10.1. The van der Waals surface area contributed by atoms with Gasteiger partial charge in [0.25, 0.3) is 0 Å². The van der Waals surface area contributed by atoms with E-state index in [9.17, 15) is 5.11 Å². The summed E-state index contributed by atoms with van der Waals surface area (Å²) < 4.78 is 1.42. The number of benzene rings is 1. The van der Waals surface area contributed by atoms with Gasteiger partial charge in [-0.15, -0.1) is 6.58 Å². The molecular formula is C26H47NO. The van der Waals surface area contributed by atoms with Gasteiger partial charge in [-0.3, -0.25) is 0 Å². The van der Waals surface area contributed by atoms with Gasteiger partial charge in [0, 0.05) is 0 Å². The van der Waals surface area contributed by atoms with Crippen molar-refractivity contribution in [3.8, 4) is 0 Å². The van der Waals surface area contributed by atoms with E-state index in [1.54, 1.807) is 6.08 Å². The van der Waals surface area contributed by atoms with Crippen molar-refractivity contribution in [1.82, 2.24) is 0 Å². The summed E-state index contributed by atoms with van der Waals surface area (Å²) in [6, 6.07) is 9.36. The minimum Gasteiger partial charge on any atom is -0.848 e. The Labute approximate surface area is 176 Å². The maximum Gasteiger partial charge on any atom is 0.0786 e. The number of quaternary nitrogens is 1. The van der Waals surface area contributed by atoms with Crippen molar-refractivity contribution in [2.45, 2.75) is 91.6 Å². The second-order valence-corrected chi connectivity index (χ2v) is 8.07. The molecule has 1 rings (SSSR count). The third-order valence-corrected chi connectivity index (χ3v) is 5.50. The van der Waals surface area contributed by atoms with Gasteiger partial charge >= 0.3 is 0 Å². The zero-order valence-electron chi connectivity index (χ0n) is 19.3. The van der Waals surface area contributed by atoms with Crippen LogP contribution < -0.4 is 5.11 Å². The molecule has 0 aliphatic rings. The van der Waals surface area contributed by atoms with E-state index in [0.29, 0.717) is 6.42 Å². The average molecular weight is 390 g/mol. The van der Waals surface area contributed by atoms with E-state index in [1.165, 1.54) is 82.0 Å². The second kappa shape index (κ2) is 17.9. The molecule has 162 valence electrons. The van der Waals surface area contributed by atoms with Crippen molar-refractivity contribution < 1.29 is 9.59 Å². The van der Waals surface area contributed by atoms with E-state index in [0.717, 1.165) is 5.56 Å². The Kier molecular flexibility index (Phi) is 17.2. The largest absolute Gasteiger partial charge is 0.848 e. The van der Waals surface area contributed by atoms with E-state index in [-0.39, 0.29) is 0 Å². The molecule has 1 atom stereocenters. The molecule has 0 aliphatic heterocycles. The summed E-state index contributed by atoms with van der Waals surface area (Å²) >= 11 is 0. The molecule has 28 heavy (non-hydrogen) atoms. The van der Waals surface area contributed by atoms with Crippen LogP contribution in [0.15, 0.2) is 43.0 Å². The van der Waals surface area contributed by atoms with E-state index >= 15 is 0 Å². The lowest BCUT2D eigenvalue weighted by molar-refractivity contribution is -0.929. The molecule has 1 unspecified atom stereocenters. The van der Waals surface area contributed by atoms with Gasteiger partial charge in [-0.25, -0.2) is 0 Å². The van der Waals surface area contributed by atoms with Gasteiger partial charge in [-0.2, -0.15) is 0 Å². The Balaban J connectivity index is 0.000000567. The van der Waals surface area contributed by atoms with Crippen molar-refractivity contribution in [1.29, 1.82) is 0 Å². The van der Waals surface area contributed by atoms with Crippen LogP contribution in [0.5, 0.6) is 0 Å². The molecule has 0 aromatic heterocycles. The smallest absolute Gasteiger partial charge is 0.0786 e. The fraction of sp³-hybridized carbons (Fsp3) is 0.692. The second-order valence-electron chi connectivity index (χ2n) is 8.07. The van der Waals surface area contributed by atoms with Gasteiger partial charge < -0.3 is 9.59 Å². The number of unbranched alkanes of at least 4 members (excludes halogenated alkanes) is 4. The highest BCUT2D eigenvalue weighted by atomic mass is 16.3. The minimum atomic E-state index is -0.645. The van der Waals surface area contributed by atoms with Crippen LogP contribution in [-0.2, 0) is 0 Å². The summed E-state index contributed by atoms with van der Waals surface area (Å²) in [5, 5.41) is 11.3. The Bertz CT molecular complexity index is 419. The molecule has 2 heteroatoms. The van der Waals surface area contributed by atoms with E-state index in [1.807, 2.05) is 30.3 Å². The van der Waals surface area contributed by atoms with E-state index in [4.69, 9.17) is 0 Å². The van der Waals surface area contributed by atoms with Gasteiger partial charge in [-0.05, 0) is 32.1 Å². The quantitative estimate of drug-likeness (QED) is 0.243. The highest BCUT2D eigenvalue weighted by molar-refractivity contribution is 5.17. The molecule has 1 aromatic carbocycles. The third kappa shape index (κ3) is 12.4. The third-order valence-electron chi connectivity index (χ3n) is 5.50. The first-order valence-corrected chi connectivity index (χ1v) is 11.8. The number of rotatable bonds is 15. The molecule has 1 aromatic rings. The Morgan fingerprint density at radius 1 is 0.786 bits per heavy atom. The van der Waals surface area contributed by atoms with Crippen molar-refractivity contribution in [2.24, 2.45) is 0 Å². The summed E-state index contributed by atoms with van der Waals surface area (Å²) in [5.41, 5.74) is 0.840. The van der Waals surface area contributed by atoms with Crippen molar-refractivity contribution in [3.05, 3.63) is 48.6 Å². The number of hydrogen-bond acceptors (Lipinski definition) is 1. The molecule has 2 nitrogen and oxygen atoms in total. The van der Waals surface area contributed by atoms with Crippen LogP contribution in [0.3, 0.4) is 0 Å². The highest BCUT2D eigenvalue weighted by Gasteiger charge is 2.24. The van der Waals surface area contributed by atoms with E-state index in [2.05, 4.69) is 34.3 Å². The van der Waals surface area contributed by atoms with Crippen LogP contribution in [0.4, 0.5) is 0 Å². The molecule has 0 heterocycles. The number of hydrogen-bond donors (Lipinski definition) is 0. The summed E-state index contributed by atoms with van der Waals surface area (Å²) in [5.74, 6) is 0. The maximum absolute atomic E-state index is 11.3. The van der Waals surface area contributed by atoms with Crippen LogP contribution >= 0.6 is 0 Å². The van der Waals surface area contributed by atoms with Gasteiger partial charge in [-0.1, -0.05) is 101 Å². The molecule has 0 radical (unpaired) electrons. The lowest BCUT2D eigenvalue weighted by Gasteiger charge is -2.39. The summed E-state index contributed by atoms with van der Waals surface area (Å²) in [6.45, 7) is 18.5. The zero-order valence-corrected chi connectivity index (χ0v) is 19.3. The molecule has 0 aliphatic carbocycles. The predicted molar refractivity (Wildman–Crippen MR) is 123 cm³/mol. The van der Waals surface area contributed by atoms with Gasteiger partial charge in [0.15, 0.2) is 0 Å². The van der Waals surface area contributed by atoms with Gasteiger partial charge in [0.2, 0.25) is 0 Å². The first kappa shape index (κ1) is 26.9. The first-order valence-electron chi connectivity index (χ1n) is 11.8. The lowest BCUT2D eigenvalue weighted by Crippen LogP contribution is -2.50. The van der Waals surface area contributed by atoms with Crippen molar-refractivity contribution in [2.75, 3.05) is 26.2 Å². The molecule has 0 amide bonds. The van der Waals surface area contributed by atoms with Crippen LogP contribution in [0.1, 0.15) is 97.1 Å². The minimum absolute atomic E-state index is 0.504. The standard InChI is InChI=1S/C16H36N.C10H11O/c1-5-9-13-17(14-10-6-2,15-11-7-3)16-12-8-4;1-2-6-10(11)9-7-4-3-5-8-9/h5-16H2,1-4H3;2-5,7-8,10H,1,6H2/q+1;-1. The summed E-state index contributed by atoms with van der Waals surface area (Å²) in [4.78, 5) is 0. The van der Waals surface area contributed by atoms with Crippen LogP contribution in [-0.4, -0.2) is 30.7 Å². The number of nitrogens with zero attached hydrogens (tertiary/aromatic N) is 1. The molecule has 0 saturated heterocycles. The normalized spacial score (nSPS) is 12.2. The fourth-order valence-electron chi connectivity index (χ4n) is 3.60. The average Bonchev–Trinajstić information content (AvgIpc) is 2.74. The molecule has 0 spiro atoms. The predicted octanol–water partition coefficient (Wildman–Crippen LogP) is 6.67. The zero-order chi connectivity index (χ0) is 21.1. The van der Waals surface area contributed by atoms with Crippen LogP contribution in [0.25, 0.3) is 0 Å². The van der Waals surface area contributed by atoms with Crippen LogP contribution in [0.2, 0.25) is 0 Å². The molecule has 0 bridgehead atoms. The SMILES string of the molecule is C=CCC([O-])c1ccccc1.CCCC[N+](CCCC)(CCCC)CCCC. The first-order chi connectivity index (χ1) is 13.6. The Hall–Kier alpha value is -1.12. The molecule has 0 N–H and O–H groups in total. The molecule has 0 fully saturated rings. The monoisotopic (exact) mass is 389 g/mol. The fourth-order valence-corrected chi connectivity index (χ4v) is 3.60. The van der Waals surface area contributed by atoms with Gasteiger partial charge in [0.1, 0.15) is 0 Å².